The maximum absolute atomic E-state index is 14.2. The summed E-state index contributed by atoms with van der Waals surface area (Å²) < 4.78 is 34.4. The van der Waals surface area contributed by atoms with Crippen LogP contribution < -0.4 is 14.4 Å². The first-order valence-corrected chi connectivity index (χ1v) is 16.0. The zero-order chi connectivity index (χ0) is 30.3. The summed E-state index contributed by atoms with van der Waals surface area (Å²) in [5.41, 5.74) is 1.68. The van der Waals surface area contributed by atoms with Crippen LogP contribution in [0.2, 0.25) is 5.02 Å². The van der Waals surface area contributed by atoms with E-state index in [0.717, 1.165) is 42.0 Å². The summed E-state index contributed by atoms with van der Waals surface area (Å²) in [6.45, 7) is 3.01. The smallest absolute Gasteiger partial charge is 0.264 e. The summed E-state index contributed by atoms with van der Waals surface area (Å²) in [7, 11) is -2.59. The number of aryl methyl sites for hydroxylation is 1. The Bertz CT molecular complexity index is 1490. The molecule has 1 N–H and O–H groups in total. The Balaban J connectivity index is 1.70. The number of hydrogen-bond acceptors (Lipinski definition) is 5. The minimum atomic E-state index is -4.15. The highest BCUT2D eigenvalue weighted by Gasteiger charge is 2.33. The summed E-state index contributed by atoms with van der Waals surface area (Å²) in [4.78, 5) is 29.1. The van der Waals surface area contributed by atoms with E-state index in [4.69, 9.17) is 16.3 Å². The standard InChI is InChI=1S/C32H38ClN3O5S/c1-23-19-26(33)17-18-30(23)36(42(39,40)29-15-8-5-9-16-29)22-31(37)35(21-25-11-10-14-28(20-25)41-3)24(2)32(38)34-27-12-6-4-7-13-27/h5,8-11,14-20,24,27H,4,6-7,12-13,21-22H2,1-3H3,(H,34,38). The summed E-state index contributed by atoms with van der Waals surface area (Å²) in [5.74, 6) is -0.166. The zero-order valence-corrected chi connectivity index (χ0v) is 25.8. The lowest BCUT2D eigenvalue weighted by atomic mass is 9.95. The Kier molecular flexibility index (Phi) is 10.5. The molecule has 3 aromatic rings. The third kappa shape index (κ3) is 7.63. The number of nitrogens with one attached hydrogen (secondary N) is 1. The van der Waals surface area contributed by atoms with Crippen LogP contribution >= 0.6 is 11.6 Å². The number of sulfonamides is 1. The number of carbonyl (C=O) groups excluding carboxylic acids is 2. The first-order chi connectivity index (χ1) is 20.1. The van der Waals surface area contributed by atoms with Gasteiger partial charge < -0.3 is 15.0 Å². The van der Waals surface area contributed by atoms with E-state index >= 15 is 0 Å². The van der Waals surface area contributed by atoms with E-state index in [9.17, 15) is 18.0 Å². The molecule has 1 aliphatic carbocycles. The van der Waals surface area contributed by atoms with Crippen LogP contribution in [0.15, 0.2) is 77.7 Å². The minimum Gasteiger partial charge on any atom is -0.497 e. The van der Waals surface area contributed by atoms with Crippen molar-refractivity contribution >= 4 is 39.1 Å². The van der Waals surface area contributed by atoms with Crippen molar-refractivity contribution in [3.8, 4) is 5.75 Å². The fourth-order valence-electron chi connectivity index (χ4n) is 5.25. The minimum absolute atomic E-state index is 0.0505. The molecule has 0 spiro atoms. The second kappa shape index (κ2) is 14.1. The molecule has 0 radical (unpaired) electrons. The molecular weight excluding hydrogens is 574 g/mol. The fourth-order valence-corrected chi connectivity index (χ4v) is 6.98. The maximum Gasteiger partial charge on any atom is 0.264 e. The van der Waals surface area contributed by atoms with Gasteiger partial charge in [-0.05, 0) is 80.3 Å². The van der Waals surface area contributed by atoms with Gasteiger partial charge in [0.05, 0.1) is 17.7 Å². The van der Waals surface area contributed by atoms with Crippen LogP contribution in [-0.2, 0) is 26.2 Å². The quantitative estimate of drug-likeness (QED) is 0.299. The van der Waals surface area contributed by atoms with Crippen LogP contribution in [0.1, 0.15) is 50.2 Å². The molecule has 224 valence electrons. The second-order valence-corrected chi connectivity index (χ2v) is 12.9. The number of methoxy groups -OCH3 is 1. The van der Waals surface area contributed by atoms with Gasteiger partial charge in [0.25, 0.3) is 10.0 Å². The molecule has 0 bridgehead atoms. The molecule has 2 amide bonds. The van der Waals surface area contributed by atoms with E-state index in [1.807, 2.05) is 12.1 Å². The molecule has 10 heteroatoms. The molecule has 8 nitrogen and oxygen atoms in total. The van der Waals surface area contributed by atoms with Gasteiger partial charge in [0.1, 0.15) is 18.3 Å². The Hall–Kier alpha value is -3.56. The number of hydrogen-bond donors (Lipinski definition) is 1. The molecule has 1 saturated carbocycles. The van der Waals surface area contributed by atoms with Crippen molar-refractivity contribution in [2.24, 2.45) is 0 Å². The number of amides is 2. The monoisotopic (exact) mass is 611 g/mol. The lowest BCUT2D eigenvalue weighted by Gasteiger charge is -2.33. The van der Waals surface area contributed by atoms with Crippen LogP contribution in [0.4, 0.5) is 5.69 Å². The van der Waals surface area contributed by atoms with Gasteiger partial charge in [-0.2, -0.15) is 0 Å². The SMILES string of the molecule is COc1cccc(CN(C(=O)CN(c2ccc(Cl)cc2C)S(=O)(=O)c2ccccc2)C(C)C(=O)NC2CCCCC2)c1. The summed E-state index contributed by atoms with van der Waals surface area (Å²) >= 11 is 6.18. The van der Waals surface area contributed by atoms with Crippen molar-refractivity contribution in [1.29, 1.82) is 0 Å². The average molecular weight is 612 g/mol. The number of carbonyl (C=O) groups is 2. The van der Waals surface area contributed by atoms with Gasteiger partial charge in [0, 0.05) is 17.6 Å². The molecule has 1 atom stereocenters. The Morgan fingerprint density at radius 1 is 1.00 bits per heavy atom. The van der Waals surface area contributed by atoms with Crippen molar-refractivity contribution in [2.75, 3.05) is 18.0 Å². The predicted octanol–water partition coefficient (Wildman–Crippen LogP) is 5.72. The topological polar surface area (TPSA) is 96.0 Å². The second-order valence-electron chi connectivity index (χ2n) is 10.6. The van der Waals surface area contributed by atoms with Crippen molar-refractivity contribution < 1.29 is 22.7 Å². The van der Waals surface area contributed by atoms with Crippen molar-refractivity contribution in [1.82, 2.24) is 10.2 Å². The van der Waals surface area contributed by atoms with Gasteiger partial charge in [-0.3, -0.25) is 13.9 Å². The number of ether oxygens (including phenoxy) is 1. The van der Waals surface area contributed by atoms with Gasteiger partial charge >= 0.3 is 0 Å². The molecule has 0 aromatic heterocycles. The number of nitrogens with zero attached hydrogens (tertiary/aromatic N) is 2. The third-order valence-electron chi connectivity index (χ3n) is 7.64. The molecule has 0 aliphatic heterocycles. The van der Waals surface area contributed by atoms with Gasteiger partial charge in [-0.1, -0.05) is 61.2 Å². The van der Waals surface area contributed by atoms with Crippen LogP contribution in [0.5, 0.6) is 5.75 Å². The highest BCUT2D eigenvalue weighted by molar-refractivity contribution is 7.92. The molecule has 0 saturated heterocycles. The average Bonchev–Trinajstić information content (AvgIpc) is 2.99. The van der Waals surface area contributed by atoms with E-state index in [1.165, 1.54) is 17.0 Å². The summed E-state index contributed by atoms with van der Waals surface area (Å²) in [5, 5.41) is 3.57. The zero-order valence-electron chi connectivity index (χ0n) is 24.3. The van der Waals surface area contributed by atoms with Gasteiger partial charge in [0.2, 0.25) is 11.8 Å². The van der Waals surface area contributed by atoms with Gasteiger partial charge in [-0.25, -0.2) is 8.42 Å². The normalized spacial score (nSPS) is 14.6. The van der Waals surface area contributed by atoms with Crippen LogP contribution in [0.3, 0.4) is 0 Å². The summed E-state index contributed by atoms with van der Waals surface area (Å²) in [6.07, 6.45) is 5.07. The van der Waals surface area contributed by atoms with Crippen molar-refractivity contribution in [3.63, 3.8) is 0 Å². The molecule has 42 heavy (non-hydrogen) atoms. The Morgan fingerprint density at radius 2 is 1.71 bits per heavy atom. The maximum atomic E-state index is 14.2. The molecule has 1 fully saturated rings. The largest absolute Gasteiger partial charge is 0.497 e. The van der Waals surface area contributed by atoms with Crippen molar-refractivity contribution in [3.05, 3.63) is 88.9 Å². The van der Waals surface area contributed by atoms with Crippen LogP contribution in [-0.4, -0.2) is 50.9 Å². The first kappa shape index (κ1) is 31.4. The lowest BCUT2D eigenvalue weighted by molar-refractivity contribution is -0.139. The molecule has 4 rings (SSSR count). The number of benzene rings is 3. The van der Waals surface area contributed by atoms with Crippen LogP contribution in [0.25, 0.3) is 0 Å². The lowest BCUT2D eigenvalue weighted by Crippen LogP contribution is -2.53. The highest BCUT2D eigenvalue weighted by atomic mass is 35.5. The van der Waals surface area contributed by atoms with E-state index in [2.05, 4.69) is 5.32 Å². The van der Waals surface area contributed by atoms with Gasteiger partial charge in [0.15, 0.2) is 0 Å². The Labute approximate surface area is 253 Å². The number of rotatable bonds is 11. The molecule has 1 unspecified atom stereocenters. The van der Waals surface area contributed by atoms with E-state index in [1.54, 1.807) is 69.5 Å². The predicted molar refractivity (Wildman–Crippen MR) is 165 cm³/mol. The van der Waals surface area contributed by atoms with Crippen LogP contribution in [0, 0.1) is 6.92 Å². The molecular formula is C32H38ClN3O5S. The van der Waals surface area contributed by atoms with Gasteiger partial charge in [-0.15, -0.1) is 0 Å². The highest BCUT2D eigenvalue weighted by Crippen LogP contribution is 2.29. The number of halogens is 1. The molecule has 1 aliphatic rings. The summed E-state index contributed by atoms with van der Waals surface area (Å²) in [6, 6.07) is 19.3. The molecule has 0 heterocycles. The Morgan fingerprint density at radius 3 is 2.38 bits per heavy atom. The van der Waals surface area contributed by atoms with E-state index in [-0.39, 0.29) is 23.4 Å². The third-order valence-corrected chi connectivity index (χ3v) is 9.65. The first-order valence-electron chi connectivity index (χ1n) is 14.2. The fraction of sp³-hybridized carbons (Fsp3) is 0.375. The van der Waals surface area contributed by atoms with E-state index in [0.29, 0.717) is 22.0 Å². The van der Waals surface area contributed by atoms with E-state index < -0.39 is 28.5 Å². The number of anilines is 1. The van der Waals surface area contributed by atoms with Crippen molar-refractivity contribution in [2.45, 2.75) is 69.5 Å². The molecule has 3 aromatic carbocycles.